The van der Waals surface area contributed by atoms with Crippen molar-refractivity contribution in [2.24, 2.45) is 0 Å². The van der Waals surface area contributed by atoms with E-state index >= 15 is 0 Å². The van der Waals surface area contributed by atoms with E-state index in [1.165, 1.54) is 0 Å². The molecule has 11 heteroatoms. The SMILES string of the molecule is FC(C=COC(F)(F)C(F)C(F)(F)F)CC(F)(F)F. The van der Waals surface area contributed by atoms with Gasteiger partial charge in [0.25, 0.3) is 6.17 Å². The number of hydrogen-bond acceptors (Lipinski definition) is 1. The summed E-state index contributed by atoms with van der Waals surface area (Å²) in [5, 5.41) is 0. The van der Waals surface area contributed by atoms with Crippen molar-refractivity contribution in [2.45, 2.75) is 37.2 Å². The molecule has 0 N–H and O–H groups in total. The predicted octanol–water partition coefficient (Wildman–Crippen LogP) is 4.30. The largest absolute Gasteiger partial charge is 0.438 e. The highest BCUT2D eigenvalue weighted by atomic mass is 19.4. The van der Waals surface area contributed by atoms with Crippen LogP contribution in [0.2, 0.25) is 0 Å². The number of alkyl halides is 10. The summed E-state index contributed by atoms with van der Waals surface area (Å²) in [6.07, 6.45) is -26.4. The molecule has 0 aromatic heterocycles. The molecule has 0 radical (unpaired) electrons. The van der Waals surface area contributed by atoms with Crippen LogP contribution in [-0.4, -0.2) is 30.8 Å². The van der Waals surface area contributed by atoms with E-state index in [1.54, 1.807) is 0 Å². The summed E-state index contributed by atoms with van der Waals surface area (Å²) in [6.45, 7) is 0. The van der Waals surface area contributed by atoms with E-state index < -0.39 is 43.5 Å². The zero-order chi connectivity index (χ0) is 15.5. The quantitative estimate of drug-likeness (QED) is 0.543. The van der Waals surface area contributed by atoms with E-state index in [0.29, 0.717) is 0 Å². The summed E-state index contributed by atoms with van der Waals surface area (Å²) < 4.78 is 122. The van der Waals surface area contributed by atoms with Crippen LogP contribution in [0.4, 0.5) is 43.9 Å². The summed E-state index contributed by atoms with van der Waals surface area (Å²) in [6, 6.07) is 0. The van der Waals surface area contributed by atoms with E-state index in [-0.39, 0.29) is 6.08 Å². The zero-order valence-corrected chi connectivity index (χ0v) is 8.70. The monoisotopic (exact) mass is 308 g/mol. The summed E-state index contributed by atoms with van der Waals surface area (Å²) in [7, 11) is 0. The number of hydrogen-bond donors (Lipinski definition) is 0. The highest BCUT2D eigenvalue weighted by Crippen LogP contribution is 2.35. The van der Waals surface area contributed by atoms with Gasteiger partial charge in [-0.15, -0.1) is 0 Å². The molecule has 0 bridgehead atoms. The lowest BCUT2D eigenvalue weighted by molar-refractivity contribution is -0.318. The molecule has 0 aliphatic rings. The molecule has 0 spiro atoms. The fraction of sp³-hybridized carbons (Fsp3) is 0.750. The molecular weight excluding hydrogens is 302 g/mol. The Balaban J connectivity index is 4.46. The third kappa shape index (κ3) is 7.11. The van der Waals surface area contributed by atoms with Crippen molar-refractivity contribution in [1.82, 2.24) is 0 Å². The first-order chi connectivity index (χ1) is 8.26. The van der Waals surface area contributed by atoms with Crippen molar-refractivity contribution in [3.8, 4) is 0 Å². The molecule has 0 rings (SSSR count). The zero-order valence-electron chi connectivity index (χ0n) is 8.70. The average Bonchev–Trinajstić information content (AvgIpc) is 2.11. The van der Waals surface area contributed by atoms with Crippen LogP contribution < -0.4 is 0 Å². The summed E-state index contributed by atoms with van der Waals surface area (Å²) in [5.74, 6) is 0. The molecule has 0 amide bonds. The number of ether oxygens (including phenoxy) is 1. The Morgan fingerprint density at radius 3 is 1.74 bits per heavy atom. The van der Waals surface area contributed by atoms with Crippen LogP contribution in [0.5, 0.6) is 0 Å². The Morgan fingerprint density at radius 2 is 1.37 bits per heavy atom. The maximum atomic E-state index is 12.5. The second kappa shape index (κ2) is 5.87. The molecule has 0 heterocycles. The normalized spacial score (nSPS) is 17.6. The van der Waals surface area contributed by atoms with E-state index in [0.717, 1.165) is 0 Å². The van der Waals surface area contributed by atoms with E-state index in [1.807, 2.05) is 0 Å². The highest BCUT2D eigenvalue weighted by Gasteiger charge is 2.58. The number of allylic oxidation sites excluding steroid dienone is 1. The second-order valence-electron chi connectivity index (χ2n) is 3.25. The van der Waals surface area contributed by atoms with E-state index in [2.05, 4.69) is 4.74 Å². The molecule has 19 heavy (non-hydrogen) atoms. The minimum absolute atomic E-state index is 0.204. The maximum Gasteiger partial charge on any atom is 0.438 e. The Hall–Kier alpha value is -1.16. The minimum Gasteiger partial charge on any atom is -0.438 e. The third-order valence-corrected chi connectivity index (χ3v) is 1.52. The van der Waals surface area contributed by atoms with Gasteiger partial charge in [-0.1, -0.05) is 0 Å². The second-order valence-corrected chi connectivity index (χ2v) is 3.25. The Kier molecular flexibility index (Phi) is 5.51. The Labute approximate surface area is 99.4 Å². The van der Waals surface area contributed by atoms with Gasteiger partial charge < -0.3 is 4.74 Å². The van der Waals surface area contributed by atoms with E-state index in [4.69, 9.17) is 0 Å². The summed E-state index contributed by atoms with van der Waals surface area (Å²) in [5.41, 5.74) is 0. The van der Waals surface area contributed by atoms with Crippen LogP contribution >= 0.6 is 0 Å². The Morgan fingerprint density at radius 1 is 0.895 bits per heavy atom. The molecule has 0 aliphatic carbocycles. The fourth-order valence-corrected chi connectivity index (χ4v) is 0.755. The van der Waals surface area contributed by atoms with Crippen molar-refractivity contribution >= 4 is 0 Å². The molecule has 0 saturated carbocycles. The highest BCUT2D eigenvalue weighted by molar-refractivity contribution is 4.87. The van der Waals surface area contributed by atoms with Crippen molar-refractivity contribution in [3.05, 3.63) is 12.3 Å². The Bertz CT molecular complexity index is 304. The van der Waals surface area contributed by atoms with Gasteiger partial charge in [0.1, 0.15) is 6.17 Å². The van der Waals surface area contributed by atoms with Crippen molar-refractivity contribution in [3.63, 3.8) is 0 Å². The van der Waals surface area contributed by atoms with Crippen molar-refractivity contribution in [2.75, 3.05) is 0 Å². The number of halogens is 10. The van der Waals surface area contributed by atoms with Gasteiger partial charge in [-0.3, -0.25) is 0 Å². The average molecular weight is 308 g/mol. The lowest BCUT2D eigenvalue weighted by atomic mass is 10.3. The van der Waals surface area contributed by atoms with Crippen LogP contribution in [0, 0.1) is 0 Å². The van der Waals surface area contributed by atoms with Crippen LogP contribution in [0.15, 0.2) is 12.3 Å². The molecule has 2 atom stereocenters. The van der Waals surface area contributed by atoms with Gasteiger partial charge in [-0.25, -0.2) is 8.78 Å². The van der Waals surface area contributed by atoms with Crippen LogP contribution in [0.3, 0.4) is 0 Å². The first-order valence-corrected chi connectivity index (χ1v) is 4.39. The van der Waals surface area contributed by atoms with Gasteiger partial charge >= 0.3 is 18.5 Å². The topological polar surface area (TPSA) is 9.23 Å². The van der Waals surface area contributed by atoms with Crippen molar-refractivity contribution in [1.29, 1.82) is 0 Å². The van der Waals surface area contributed by atoms with Crippen molar-refractivity contribution < 1.29 is 48.6 Å². The minimum atomic E-state index is -5.93. The molecule has 0 aromatic rings. The van der Waals surface area contributed by atoms with Gasteiger partial charge in [0.05, 0.1) is 12.7 Å². The molecule has 0 aromatic carbocycles. The van der Waals surface area contributed by atoms with Gasteiger partial charge in [0.15, 0.2) is 0 Å². The lowest BCUT2D eigenvalue weighted by Gasteiger charge is -2.21. The predicted molar refractivity (Wildman–Crippen MR) is 41.7 cm³/mol. The third-order valence-electron chi connectivity index (χ3n) is 1.52. The van der Waals surface area contributed by atoms with Gasteiger partial charge in [0, 0.05) is 0 Å². The van der Waals surface area contributed by atoms with E-state index in [9.17, 15) is 43.9 Å². The first-order valence-electron chi connectivity index (χ1n) is 4.39. The van der Waals surface area contributed by atoms with Gasteiger partial charge in [-0.05, 0) is 6.08 Å². The molecule has 114 valence electrons. The van der Waals surface area contributed by atoms with Gasteiger partial charge in [0.2, 0.25) is 0 Å². The molecule has 0 saturated heterocycles. The standard InChI is InChI=1S/C8H6F10O/c9-4(3-6(11,12)13)1-2-19-8(17,18)5(10)7(14,15)16/h1-2,4-5H,3H2. The molecule has 0 fully saturated rings. The van der Waals surface area contributed by atoms with Crippen LogP contribution in [0.25, 0.3) is 0 Å². The lowest BCUT2D eigenvalue weighted by Crippen LogP contribution is -2.42. The number of rotatable bonds is 5. The van der Waals surface area contributed by atoms with Crippen LogP contribution in [-0.2, 0) is 4.74 Å². The molecular formula is C8H6F10O. The smallest absolute Gasteiger partial charge is 0.438 e. The first kappa shape index (κ1) is 17.8. The molecule has 1 nitrogen and oxygen atoms in total. The summed E-state index contributed by atoms with van der Waals surface area (Å²) >= 11 is 0. The molecule has 2 unspecified atom stereocenters. The fourth-order valence-electron chi connectivity index (χ4n) is 0.755. The summed E-state index contributed by atoms with van der Waals surface area (Å²) in [4.78, 5) is 0. The van der Waals surface area contributed by atoms with Gasteiger partial charge in [-0.2, -0.15) is 35.1 Å². The van der Waals surface area contributed by atoms with Crippen LogP contribution in [0.1, 0.15) is 6.42 Å². The maximum absolute atomic E-state index is 12.5. The molecule has 0 aliphatic heterocycles.